The van der Waals surface area contributed by atoms with Crippen molar-refractivity contribution < 1.29 is 32.6 Å². The van der Waals surface area contributed by atoms with Crippen molar-refractivity contribution in [3.8, 4) is 0 Å². The van der Waals surface area contributed by atoms with E-state index in [0.717, 1.165) is 15.4 Å². The van der Waals surface area contributed by atoms with Crippen LogP contribution in [0.25, 0.3) is 0 Å². The van der Waals surface area contributed by atoms with Gasteiger partial charge in [-0.15, -0.1) is 0 Å². The molecule has 3 amide bonds. The van der Waals surface area contributed by atoms with Crippen LogP contribution in [0.3, 0.4) is 0 Å². The lowest BCUT2D eigenvalue weighted by Gasteiger charge is -2.22. The Morgan fingerprint density at radius 1 is 1.25 bits per heavy atom. The predicted octanol–water partition coefficient (Wildman–Crippen LogP) is -0.574. The molecule has 2 rings (SSSR count). The summed E-state index contributed by atoms with van der Waals surface area (Å²) in [6.45, 7) is 2.59. The van der Waals surface area contributed by atoms with E-state index in [1.807, 2.05) is 12.2 Å². The highest BCUT2D eigenvalue weighted by atomic mass is 32.2. The number of hydrogen-bond donors (Lipinski definition) is 3. The molecule has 1 aromatic rings. The van der Waals surface area contributed by atoms with Gasteiger partial charge in [0.25, 0.3) is 5.91 Å². The maximum Gasteiger partial charge on any atom is 0.325 e. The molecular formula is C17H23N3O7S. The molecule has 1 saturated heterocycles. The van der Waals surface area contributed by atoms with E-state index in [-0.39, 0.29) is 17.9 Å². The number of hydrogen-bond acceptors (Lipinski definition) is 7. The summed E-state index contributed by atoms with van der Waals surface area (Å²) in [6, 6.07) is 2.55. The van der Waals surface area contributed by atoms with E-state index in [1.165, 1.54) is 19.2 Å². The number of amides is 3. The normalized spacial score (nSPS) is 19.9. The van der Waals surface area contributed by atoms with Crippen molar-refractivity contribution in [2.45, 2.75) is 37.3 Å². The van der Waals surface area contributed by atoms with Crippen molar-refractivity contribution in [2.24, 2.45) is 0 Å². The summed E-state index contributed by atoms with van der Waals surface area (Å²) in [6.07, 6.45) is -1.20. The Kier molecular flexibility index (Phi) is 6.75. The van der Waals surface area contributed by atoms with Crippen LogP contribution in [0.1, 0.15) is 17.5 Å². The lowest BCUT2D eigenvalue weighted by molar-refractivity contribution is -0.151. The van der Waals surface area contributed by atoms with Gasteiger partial charge in [-0.1, -0.05) is 6.07 Å². The van der Waals surface area contributed by atoms with Gasteiger partial charge in [-0.05, 0) is 37.1 Å². The summed E-state index contributed by atoms with van der Waals surface area (Å²) in [5.74, 6) is -1.84. The second-order valence-electron chi connectivity index (χ2n) is 6.46. The van der Waals surface area contributed by atoms with Gasteiger partial charge in [0.05, 0.1) is 11.0 Å². The number of β-amino-alcohol motifs (C(OH)–C–C–N with tert-alkyl or cyclic N) is 1. The average Bonchev–Trinajstić information content (AvgIpc) is 3.04. The first-order valence-corrected chi connectivity index (χ1v) is 9.95. The van der Waals surface area contributed by atoms with Crippen LogP contribution in [0, 0.1) is 13.8 Å². The van der Waals surface area contributed by atoms with Crippen molar-refractivity contribution in [1.29, 1.82) is 0 Å². The molecule has 1 aromatic carbocycles. The Bertz CT molecular complexity index is 885. The molecule has 0 radical (unpaired) electrons. The van der Waals surface area contributed by atoms with Gasteiger partial charge < -0.3 is 15.2 Å². The Morgan fingerprint density at radius 2 is 1.93 bits per heavy atom. The van der Waals surface area contributed by atoms with Crippen LogP contribution in [0.15, 0.2) is 23.1 Å². The monoisotopic (exact) mass is 413 g/mol. The second kappa shape index (κ2) is 8.67. The first-order chi connectivity index (χ1) is 13.1. The predicted molar refractivity (Wildman–Crippen MR) is 97.8 cm³/mol. The summed E-state index contributed by atoms with van der Waals surface area (Å²) >= 11 is 0. The molecule has 154 valence electrons. The molecule has 1 fully saturated rings. The van der Waals surface area contributed by atoms with Crippen LogP contribution in [0.2, 0.25) is 0 Å². The number of aryl methyl sites for hydroxylation is 2. The first kappa shape index (κ1) is 21.8. The molecule has 28 heavy (non-hydrogen) atoms. The van der Waals surface area contributed by atoms with Gasteiger partial charge in [-0.3, -0.25) is 14.9 Å². The highest BCUT2D eigenvalue weighted by molar-refractivity contribution is 7.89. The smallest absolute Gasteiger partial charge is 0.325 e. The number of imide groups is 1. The lowest BCUT2D eigenvalue weighted by Crippen LogP contribution is -2.43. The summed E-state index contributed by atoms with van der Waals surface area (Å²) < 4.78 is 31.6. The fourth-order valence-electron chi connectivity index (χ4n) is 2.73. The number of carbonyl (C=O) groups is 3. The van der Waals surface area contributed by atoms with E-state index in [2.05, 4.69) is 5.32 Å². The second-order valence-corrected chi connectivity index (χ2v) is 8.35. The molecule has 0 spiro atoms. The molecule has 0 aliphatic carbocycles. The van der Waals surface area contributed by atoms with E-state index in [0.29, 0.717) is 0 Å². The van der Waals surface area contributed by atoms with E-state index < -0.39 is 46.7 Å². The number of carbonyl (C=O) groups excluding carboxylic acids is 3. The van der Waals surface area contributed by atoms with Crippen LogP contribution in [0.4, 0.5) is 4.79 Å². The highest BCUT2D eigenvalue weighted by Gasteiger charge is 2.44. The Labute approximate surface area is 162 Å². The fourth-order valence-corrected chi connectivity index (χ4v) is 4.44. The minimum atomic E-state index is -4.06. The third kappa shape index (κ3) is 4.86. The van der Waals surface area contributed by atoms with Gasteiger partial charge in [0, 0.05) is 20.0 Å². The summed E-state index contributed by atoms with van der Waals surface area (Å²) in [4.78, 5) is 34.9. The maximum absolute atomic E-state index is 13.0. The maximum atomic E-state index is 13.0. The van der Waals surface area contributed by atoms with Gasteiger partial charge in [-0.2, -0.15) is 4.31 Å². The van der Waals surface area contributed by atoms with Crippen molar-refractivity contribution in [3.05, 3.63) is 29.3 Å². The molecule has 2 atom stereocenters. The van der Waals surface area contributed by atoms with Crippen LogP contribution < -0.4 is 10.6 Å². The molecule has 11 heteroatoms. The van der Waals surface area contributed by atoms with E-state index in [4.69, 9.17) is 4.74 Å². The SMILES string of the molecule is CNC(=O)NC(=O)COC(=O)C1CC(O)CN1S(=O)(=O)c1ccc(C)c(C)c1. The first-order valence-electron chi connectivity index (χ1n) is 8.51. The quantitative estimate of drug-likeness (QED) is 0.549. The summed E-state index contributed by atoms with van der Waals surface area (Å²) in [7, 11) is -2.75. The van der Waals surface area contributed by atoms with E-state index >= 15 is 0 Å². The number of aliphatic hydroxyl groups is 1. The number of aliphatic hydroxyl groups excluding tert-OH is 1. The number of benzene rings is 1. The molecule has 1 aliphatic heterocycles. The van der Waals surface area contributed by atoms with Crippen LogP contribution in [-0.2, 0) is 24.3 Å². The van der Waals surface area contributed by atoms with Crippen LogP contribution in [-0.4, -0.2) is 68.1 Å². The molecule has 0 aromatic heterocycles. The molecule has 10 nitrogen and oxygen atoms in total. The molecule has 2 unspecified atom stereocenters. The third-order valence-electron chi connectivity index (χ3n) is 4.42. The molecule has 0 saturated carbocycles. The van der Waals surface area contributed by atoms with Gasteiger partial charge in [-0.25, -0.2) is 13.2 Å². The van der Waals surface area contributed by atoms with E-state index in [9.17, 15) is 27.9 Å². The molecule has 1 heterocycles. The van der Waals surface area contributed by atoms with Crippen molar-refractivity contribution >= 4 is 27.9 Å². The molecule has 1 aliphatic rings. The number of ether oxygens (including phenoxy) is 1. The van der Waals surface area contributed by atoms with Crippen molar-refractivity contribution in [1.82, 2.24) is 14.9 Å². The van der Waals surface area contributed by atoms with Crippen molar-refractivity contribution in [3.63, 3.8) is 0 Å². The van der Waals surface area contributed by atoms with Gasteiger partial charge >= 0.3 is 12.0 Å². The summed E-state index contributed by atoms with van der Waals surface area (Å²) in [5.41, 5.74) is 1.68. The zero-order valence-electron chi connectivity index (χ0n) is 15.8. The van der Waals surface area contributed by atoms with E-state index in [1.54, 1.807) is 13.0 Å². The van der Waals surface area contributed by atoms with Gasteiger partial charge in [0.1, 0.15) is 6.04 Å². The van der Waals surface area contributed by atoms with Crippen LogP contribution >= 0.6 is 0 Å². The average molecular weight is 413 g/mol. The number of rotatable bonds is 5. The number of nitrogens with one attached hydrogen (secondary N) is 2. The zero-order chi connectivity index (χ0) is 21.1. The fraction of sp³-hybridized carbons (Fsp3) is 0.471. The largest absolute Gasteiger partial charge is 0.454 e. The van der Waals surface area contributed by atoms with Crippen molar-refractivity contribution in [2.75, 3.05) is 20.2 Å². The number of esters is 1. The molecular weight excluding hydrogens is 390 g/mol. The minimum absolute atomic E-state index is 0.000130. The standard InChI is InChI=1S/C17H23N3O7S/c1-10-4-5-13(6-11(10)2)28(25,26)20-8-12(21)7-14(20)16(23)27-9-15(22)19-17(24)18-3/h4-6,12,14,21H,7-9H2,1-3H3,(H2,18,19,22,24). The zero-order valence-corrected chi connectivity index (χ0v) is 16.6. The summed E-state index contributed by atoms with van der Waals surface area (Å²) in [5, 5.41) is 14.0. The highest BCUT2D eigenvalue weighted by Crippen LogP contribution is 2.28. The van der Waals surface area contributed by atoms with Gasteiger partial charge in [0.2, 0.25) is 10.0 Å². The topological polar surface area (TPSA) is 142 Å². The Balaban J connectivity index is 2.15. The number of nitrogens with zero attached hydrogens (tertiary/aromatic N) is 1. The lowest BCUT2D eigenvalue weighted by atomic mass is 10.1. The Hall–Kier alpha value is -2.50. The van der Waals surface area contributed by atoms with Gasteiger partial charge in [0.15, 0.2) is 6.61 Å². The molecule has 0 bridgehead atoms. The minimum Gasteiger partial charge on any atom is -0.454 e. The number of sulfonamides is 1. The number of urea groups is 1. The molecule has 3 N–H and O–H groups in total. The third-order valence-corrected chi connectivity index (χ3v) is 6.29. The van der Waals surface area contributed by atoms with Crippen LogP contribution in [0.5, 0.6) is 0 Å². The Morgan fingerprint density at radius 3 is 2.54 bits per heavy atom.